The number of benzene rings is 1. The third kappa shape index (κ3) is 2.97. The summed E-state index contributed by atoms with van der Waals surface area (Å²) in [6.07, 6.45) is -6.17. The van der Waals surface area contributed by atoms with E-state index in [-0.39, 0.29) is 4.68 Å². The van der Waals surface area contributed by atoms with Crippen molar-refractivity contribution in [3.8, 4) is 0 Å². The van der Waals surface area contributed by atoms with E-state index in [0.717, 1.165) is 19.2 Å². The number of sulfone groups is 1. The molecule has 6 nitrogen and oxygen atoms in total. The molecule has 0 aliphatic rings. The molecule has 1 heterocycles. The Labute approximate surface area is 137 Å². The molecule has 136 valence electrons. The van der Waals surface area contributed by atoms with Crippen molar-refractivity contribution in [2.24, 2.45) is 7.05 Å². The molecule has 12 heteroatoms. The number of carbonyl (C=O) groups is 1. The second kappa shape index (κ2) is 5.79. The second-order valence-electron chi connectivity index (χ2n) is 4.84. The van der Waals surface area contributed by atoms with E-state index < -0.39 is 49.1 Å². The van der Waals surface area contributed by atoms with Crippen LogP contribution in [0.1, 0.15) is 16.2 Å². The number of aryl methyl sites for hydroxylation is 1. The first kappa shape index (κ1) is 18.8. The molecule has 0 amide bonds. The molecule has 0 saturated carbocycles. The first-order valence-electron chi connectivity index (χ1n) is 6.37. The minimum absolute atomic E-state index is 0.160. The van der Waals surface area contributed by atoms with Gasteiger partial charge in [0.1, 0.15) is 4.90 Å². The highest BCUT2D eigenvalue weighted by molar-refractivity contribution is 7.91. The Kier molecular flexibility index (Phi) is 4.36. The van der Waals surface area contributed by atoms with Crippen molar-refractivity contribution >= 4 is 15.8 Å². The zero-order chi connectivity index (χ0) is 19.2. The van der Waals surface area contributed by atoms with Gasteiger partial charge >= 0.3 is 18.1 Å². The summed E-state index contributed by atoms with van der Waals surface area (Å²) in [6, 6.07) is 5.65. The van der Waals surface area contributed by atoms with Gasteiger partial charge in [-0.05, 0) is 12.1 Å². The summed E-state index contributed by atoms with van der Waals surface area (Å²) >= 11 is 0. The third-order valence-corrected chi connectivity index (χ3v) is 5.00. The number of aromatic carboxylic acids is 1. The minimum Gasteiger partial charge on any atom is -0.476 e. The Morgan fingerprint density at radius 3 is 2.08 bits per heavy atom. The highest BCUT2D eigenvalue weighted by Gasteiger charge is 2.63. The SMILES string of the molecule is Cn1nc(C(F)(F)C(F)(F)F)c(S(=O)(=O)c2ccccc2)c1C(=O)O. The van der Waals surface area contributed by atoms with Crippen LogP contribution in [0.4, 0.5) is 22.0 Å². The molecule has 1 N–H and O–H groups in total. The summed E-state index contributed by atoms with van der Waals surface area (Å²) in [5.41, 5.74) is -3.49. The normalized spacial score (nSPS) is 13.0. The van der Waals surface area contributed by atoms with Crippen LogP contribution in [-0.2, 0) is 22.8 Å². The number of aromatic nitrogens is 2. The summed E-state index contributed by atoms with van der Waals surface area (Å²) < 4.78 is 90.9. The predicted molar refractivity (Wildman–Crippen MR) is 72.0 cm³/mol. The largest absolute Gasteiger partial charge is 0.476 e. The molecule has 0 radical (unpaired) electrons. The first-order chi connectivity index (χ1) is 11.3. The number of carboxylic acid groups (broad SMARTS) is 1. The van der Waals surface area contributed by atoms with Gasteiger partial charge in [0.25, 0.3) is 0 Å². The molecule has 0 fully saturated rings. The molecule has 0 aliphatic carbocycles. The van der Waals surface area contributed by atoms with Crippen LogP contribution < -0.4 is 0 Å². The smallest absolute Gasteiger partial charge is 0.459 e. The van der Waals surface area contributed by atoms with Crippen LogP contribution in [0.5, 0.6) is 0 Å². The van der Waals surface area contributed by atoms with Crippen molar-refractivity contribution in [3.63, 3.8) is 0 Å². The lowest BCUT2D eigenvalue weighted by Crippen LogP contribution is -2.35. The fourth-order valence-corrected chi connectivity index (χ4v) is 3.70. The van der Waals surface area contributed by atoms with E-state index in [1.165, 1.54) is 18.2 Å². The highest BCUT2D eigenvalue weighted by Crippen LogP contribution is 2.46. The Hall–Kier alpha value is -2.50. The van der Waals surface area contributed by atoms with Gasteiger partial charge in [-0.3, -0.25) is 4.68 Å². The lowest BCUT2D eigenvalue weighted by Gasteiger charge is -2.18. The molecule has 2 rings (SSSR count). The van der Waals surface area contributed by atoms with Gasteiger partial charge in [-0.15, -0.1) is 0 Å². The molecule has 25 heavy (non-hydrogen) atoms. The summed E-state index contributed by atoms with van der Waals surface area (Å²) in [5, 5.41) is 11.9. The fourth-order valence-electron chi connectivity index (χ4n) is 2.05. The van der Waals surface area contributed by atoms with Crippen LogP contribution >= 0.6 is 0 Å². The van der Waals surface area contributed by atoms with Gasteiger partial charge in [-0.1, -0.05) is 18.2 Å². The highest BCUT2D eigenvalue weighted by atomic mass is 32.2. The maximum atomic E-state index is 13.8. The first-order valence-corrected chi connectivity index (χ1v) is 7.85. The molecule has 1 aromatic carbocycles. The number of carboxylic acids is 1. The van der Waals surface area contributed by atoms with E-state index in [1.807, 2.05) is 0 Å². The van der Waals surface area contributed by atoms with Crippen LogP contribution in [0.25, 0.3) is 0 Å². The molecule has 0 bridgehead atoms. The summed E-state index contributed by atoms with van der Waals surface area (Å²) in [4.78, 5) is 8.91. The Morgan fingerprint density at radius 2 is 1.64 bits per heavy atom. The van der Waals surface area contributed by atoms with E-state index in [1.54, 1.807) is 0 Å². The monoisotopic (exact) mass is 384 g/mol. The predicted octanol–water partition coefficient (Wildman–Crippen LogP) is 2.61. The second-order valence-corrected chi connectivity index (χ2v) is 6.73. The van der Waals surface area contributed by atoms with Crippen molar-refractivity contribution < 1.29 is 40.3 Å². The molecule has 1 aromatic heterocycles. The van der Waals surface area contributed by atoms with Crippen molar-refractivity contribution in [1.82, 2.24) is 9.78 Å². The van der Waals surface area contributed by atoms with Gasteiger partial charge in [-0.2, -0.15) is 27.1 Å². The lowest BCUT2D eigenvalue weighted by atomic mass is 10.2. The van der Waals surface area contributed by atoms with E-state index in [2.05, 4.69) is 5.10 Å². The van der Waals surface area contributed by atoms with Crippen LogP contribution in [0.3, 0.4) is 0 Å². The molecule has 0 spiro atoms. The zero-order valence-corrected chi connectivity index (χ0v) is 13.1. The Bertz CT molecular complexity index is 920. The molecule has 0 atom stereocenters. The van der Waals surface area contributed by atoms with E-state index in [0.29, 0.717) is 0 Å². The molecule has 0 unspecified atom stereocenters. The molecule has 0 saturated heterocycles. The quantitative estimate of drug-likeness (QED) is 0.819. The van der Waals surface area contributed by atoms with Crippen molar-refractivity contribution in [2.45, 2.75) is 21.9 Å². The number of hydrogen-bond donors (Lipinski definition) is 1. The van der Waals surface area contributed by atoms with Crippen molar-refractivity contribution in [3.05, 3.63) is 41.7 Å². The lowest BCUT2D eigenvalue weighted by molar-refractivity contribution is -0.292. The average molecular weight is 384 g/mol. The van der Waals surface area contributed by atoms with Gasteiger partial charge in [0.05, 0.1) is 4.90 Å². The average Bonchev–Trinajstić information content (AvgIpc) is 2.86. The molecular weight excluding hydrogens is 375 g/mol. The van der Waals surface area contributed by atoms with E-state index in [9.17, 15) is 35.2 Å². The summed E-state index contributed by atoms with van der Waals surface area (Å²) in [7, 11) is -4.26. The maximum Gasteiger partial charge on any atom is 0.459 e. The number of rotatable bonds is 4. The summed E-state index contributed by atoms with van der Waals surface area (Å²) in [6.45, 7) is 0. The number of halogens is 5. The standard InChI is InChI=1S/C13H9F5N2O4S/c1-20-8(11(21)22)9(10(19-20)12(14,15)13(16,17)18)25(23,24)7-5-3-2-4-6-7/h2-6H,1H3,(H,21,22). The van der Waals surface area contributed by atoms with Crippen LogP contribution in [0, 0.1) is 0 Å². The number of nitrogens with zero attached hydrogens (tertiary/aromatic N) is 2. The topological polar surface area (TPSA) is 89.3 Å². The van der Waals surface area contributed by atoms with Gasteiger partial charge < -0.3 is 5.11 Å². The molecular formula is C13H9F5N2O4S. The van der Waals surface area contributed by atoms with Crippen LogP contribution in [0.15, 0.2) is 40.1 Å². The van der Waals surface area contributed by atoms with Crippen molar-refractivity contribution in [1.29, 1.82) is 0 Å². The van der Waals surface area contributed by atoms with E-state index >= 15 is 0 Å². The van der Waals surface area contributed by atoms with Crippen LogP contribution in [0.2, 0.25) is 0 Å². The van der Waals surface area contributed by atoms with Gasteiger partial charge in [-0.25, -0.2) is 13.2 Å². The van der Waals surface area contributed by atoms with Gasteiger partial charge in [0, 0.05) is 7.05 Å². The molecule has 2 aromatic rings. The number of alkyl halides is 5. The molecule has 0 aliphatic heterocycles. The minimum atomic E-state index is -6.17. The maximum absolute atomic E-state index is 13.8. The summed E-state index contributed by atoms with van der Waals surface area (Å²) in [5.74, 6) is -7.69. The van der Waals surface area contributed by atoms with E-state index in [4.69, 9.17) is 5.11 Å². The number of hydrogen-bond acceptors (Lipinski definition) is 4. The third-order valence-electron chi connectivity index (χ3n) is 3.18. The fraction of sp³-hybridized carbons (Fsp3) is 0.231. The zero-order valence-electron chi connectivity index (χ0n) is 12.3. The van der Waals surface area contributed by atoms with Crippen LogP contribution in [-0.4, -0.2) is 35.5 Å². The van der Waals surface area contributed by atoms with Gasteiger partial charge in [0.15, 0.2) is 11.4 Å². The Morgan fingerprint density at radius 1 is 1.12 bits per heavy atom. The Balaban J connectivity index is 2.92. The van der Waals surface area contributed by atoms with Gasteiger partial charge in [0.2, 0.25) is 9.84 Å². The van der Waals surface area contributed by atoms with Crippen molar-refractivity contribution in [2.75, 3.05) is 0 Å².